The van der Waals surface area contributed by atoms with Crippen molar-refractivity contribution >= 4 is 40.6 Å². The third kappa shape index (κ3) is 5.76. The molecule has 158 valence electrons. The molecule has 1 aromatic carbocycles. The van der Waals surface area contributed by atoms with E-state index in [2.05, 4.69) is 18.7 Å². The lowest BCUT2D eigenvalue weighted by Crippen LogP contribution is -2.37. The number of thioether (sulfide) groups is 1. The van der Waals surface area contributed by atoms with Gasteiger partial charge in [0.25, 0.3) is 11.1 Å². The molecule has 1 aliphatic rings. The first-order valence-corrected chi connectivity index (χ1v) is 10.3. The molecule has 0 radical (unpaired) electrons. The average Bonchev–Trinajstić information content (AvgIpc) is 2.89. The zero-order valence-electron chi connectivity index (χ0n) is 17.8. The summed E-state index contributed by atoms with van der Waals surface area (Å²) in [6, 6.07) is 5.71. The molecule has 0 N–H and O–H groups in total. The van der Waals surface area contributed by atoms with Crippen molar-refractivity contribution < 1.29 is 23.9 Å². The van der Waals surface area contributed by atoms with Crippen molar-refractivity contribution in [3.63, 3.8) is 0 Å². The summed E-state index contributed by atoms with van der Waals surface area (Å²) in [7, 11) is 1.56. The Morgan fingerprint density at radius 1 is 1.21 bits per heavy atom. The molecular formula is C21H28N2O5S. The number of imide groups is 1. The van der Waals surface area contributed by atoms with Crippen LogP contribution in [0.15, 0.2) is 23.1 Å². The fraction of sp³-hybridized carbons (Fsp3) is 0.476. The Kier molecular flexibility index (Phi) is 7.35. The van der Waals surface area contributed by atoms with Gasteiger partial charge in [0, 0.05) is 30.4 Å². The number of nitrogens with zero attached hydrogens (tertiary/aromatic N) is 2. The Morgan fingerprint density at radius 3 is 2.41 bits per heavy atom. The van der Waals surface area contributed by atoms with E-state index in [1.807, 2.05) is 18.2 Å². The summed E-state index contributed by atoms with van der Waals surface area (Å²) >= 11 is 0.800. The summed E-state index contributed by atoms with van der Waals surface area (Å²) in [6.07, 6.45) is 1.62. The summed E-state index contributed by atoms with van der Waals surface area (Å²) < 4.78 is 10.7. The van der Waals surface area contributed by atoms with Crippen LogP contribution in [0.4, 0.5) is 10.5 Å². The molecule has 2 amide bonds. The van der Waals surface area contributed by atoms with E-state index in [1.54, 1.807) is 34.0 Å². The molecule has 2 rings (SSSR count). The topological polar surface area (TPSA) is 76.2 Å². The van der Waals surface area contributed by atoms with Crippen molar-refractivity contribution in [2.24, 2.45) is 0 Å². The van der Waals surface area contributed by atoms with Crippen molar-refractivity contribution in [2.45, 2.75) is 40.2 Å². The quantitative estimate of drug-likeness (QED) is 0.489. The summed E-state index contributed by atoms with van der Waals surface area (Å²) in [5.74, 6) is -0.531. The minimum atomic E-state index is -0.686. The lowest BCUT2D eigenvalue weighted by molar-refractivity contribution is -0.156. The first kappa shape index (κ1) is 22.8. The van der Waals surface area contributed by atoms with E-state index in [9.17, 15) is 14.4 Å². The number of anilines is 1. The van der Waals surface area contributed by atoms with Crippen LogP contribution in [-0.2, 0) is 14.3 Å². The van der Waals surface area contributed by atoms with Gasteiger partial charge in [0.2, 0.25) is 0 Å². The molecular weight excluding hydrogens is 392 g/mol. The highest BCUT2D eigenvalue weighted by Gasteiger charge is 2.37. The Morgan fingerprint density at radius 2 is 1.86 bits per heavy atom. The maximum absolute atomic E-state index is 12.6. The summed E-state index contributed by atoms with van der Waals surface area (Å²) in [5.41, 5.74) is 1.02. The SMILES string of the molecule is CCN(CC)c1ccc(/C=C2\SC(=O)N(CC(=O)OC(C)(C)C)C2=O)c(OC)c1. The van der Waals surface area contributed by atoms with Gasteiger partial charge in [-0.15, -0.1) is 0 Å². The standard InChI is InChI=1S/C21H28N2O5S/c1-7-22(8-2)15-10-9-14(16(12-15)27-6)11-17-19(25)23(20(26)29-17)13-18(24)28-21(3,4)5/h9-12H,7-8,13H2,1-6H3/b17-11-. The number of carbonyl (C=O) groups is 3. The van der Waals surface area contributed by atoms with E-state index in [1.165, 1.54) is 0 Å². The average molecular weight is 421 g/mol. The van der Waals surface area contributed by atoms with Gasteiger partial charge in [0.05, 0.1) is 12.0 Å². The van der Waals surface area contributed by atoms with Gasteiger partial charge in [0.1, 0.15) is 17.9 Å². The van der Waals surface area contributed by atoms with Crippen molar-refractivity contribution in [1.82, 2.24) is 4.90 Å². The molecule has 8 heteroatoms. The molecule has 0 atom stereocenters. The fourth-order valence-electron chi connectivity index (χ4n) is 2.88. The van der Waals surface area contributed by atoms with E-state index < -0.39 is 29.3 Å². The second-order valence-electron chi connectivity index (χ2n) is 7.45. The van der Waals surface area contributed by atoms with Crippen molar-refractivity contribution in [3.05, 3.63) is 28.7 Å². The lowest BCUT2D eigenvalue weighted by Gasteiger charge is -2.22. The van der Waals surface area contributed by atoms with Crippen LogP contribution in [0.1, 0.15) is 40.2 Å². The van der Waals surface area contributed by atoms with Gasteiger partial charge in [-0.2, -0.15) is 0 Å². The molecule has 1 heterocycles. The molecule has 0 aliphatic carbocycles. The molecule has 1 fully saturated rings. The Bertz CT molecular complexity index is 825. The van der Waals surface area contributed by atoms with Crippen molar-refractivity contribution in [3.8, 4) is 5.75 Å². The summed E-state index contributed by atoms with van der Waals surface area (Å²) in [6.45, 7) is 10.7. The molecule has 1 saturated heterocycles. The number of ether oxygens (including phenoxy) is 2. The number of methoxy groups -OCH3 is 1. The number of rotatable bonds is 7. The highest BCUT2D eigenvalue weighted by molar-refractivity contribution is 8.18. The van der Waals surface area contributed by atoms with Gasteiger partial charge in [-0.05, 0) is 64.6 Å². The predicted molar refractivity (Wildman–Crippen MR) is 115 cm³/mol. The van der Waals surface area contributed by atoms with Gasteiger partial charge in [-0.25, -0.2) is 0 Å². The molecule has 0 aromatic heterocycles. The highest BCUT2D eigenvalue weighted by Crippen LogP contribution is 2.35. The first-order chi connectivity index (χ1) is 13.6. The zero-order chi connectivity index (χ0) is 21.8. The second-order valence-corrected chi connectivity index (χ2v) is 8.45. The van der Waals surface area contributed by atoms with Crippen LogP contribution < -0.4 is 9.64 Å². The number of benzene rings is 1. The second kappa shape index (κ2) is 9.35. The van der Waals surface area contributed by atoms with E-state index in [-0.39, 0.29) is 4.91 Å². The van der Waals surface area contributed by atoms with Crippen LogP contribution >= 0.6 is 11.8 Å². The molecule has 29 heavy (non-hydrogen) atoms. The minimum Gasteiger partial charge on any atom is -0.496 e. The Labute approximate surface area is 176 Å². The highest BCUT2D eigenvalue weighted by atomic mass is 32.2. The van der Waals surface area contributed by atoms with Crippen LogP contribution in [0.2, 0.25) is 0 Å². The van der Waals surface area contributed by atoms with E-state index >= 15 is 0 Å². The summed E-state index contributed by atoms with van der Waals surface area (Å²) in [4.78, 5) is 40.2. The van der Waals surface area contributed by atoms with E-state index in [0.29, 0.717) is 11.3 Å². The van der Waals surface area contributed by atoms with Crippen molar-refractivity contribution in [2.75, 3.05) is 31.6 Å². The van der Waals surface area contributed by atoms with Crippen LogP contribution in [0.3, 0.4) is 0 Å². The molecule has 0 unspecified atom stereocenters. The van der Waals surface area contributed by atoms with Crippen molar-refractivity contribution in [1.29, 1.82) is 0 Å². The molecule has 0 saturated carbocycles. The lowest BCUT2D eigenvalue weighted by atomic mass is 10.1. The number of hydrogen-bond acceptors (Lipinski definition) is 7. The van der Waals surface area contributed by atoms with Crippen LogP contribution in [0, 0.1) is 0 Å². The molecule has 0 spiro atoms. The third-order valence-corrected chi connectivity index (χ3v) is 5.12. The zero-order valence-corrected chi connectivity index (χ0v) is 18.6. The molecule has 1 aromatic rings. The maximum atomic E-state index is 12.6. The molecule has 7 nitrogen and oxygen atoms in total. The number of esters is 1. The van der Waals surface area contributed by atoms with E-state index in [4.69, 9.17) is 9.47 Å². The predicted octanol–water partition coefficient (Wildman–Crippen LogP) is 3.92. The fourth-order valence-corrected chi connectivity index (χ4v) is 3.71. The van der Waals surface area contributed by atoms with Gasteiger partial charge in [-0.1, -0.05) is 0 Å². The third-order valence-electron chi connectivity index (χ3n) is 4.21. The Balaban J connectivity index is 2.23. The smallest absolute Gasteiger partial charge is 0.326 e. The molecule has 1 aliphatic heterocycles. The van der Waals surface area contributed by atoms with Crippen LogP contribution in [0.25, 0.3) is 6.08 Å². The Hall–Kier alpha value is -2.48. The van der Waals surface area contributed by atoms with Gasteiger partial charge in [-0.3, -0.25) is 19.3 Å². The number of carbonyl (C=O) groups excluding carboxylic acids is 3. The van der Waals surface area contributed by atoms with Crippen LogP contribution in [0.5, 0.6) is 5.75 Å². The van der Waals surface area contributed by atoms with Gasteiger partial charge >= 0.3 is 5.97 Å². The monoisotopic (exact) mass is 420 g/mol. The van der Waals surface area contributed by atoms with Gasteiger partial charge in [0.15, 0.2) is 0 Å². The minimum absolute atomic E-state index is 0.243. The molecule has 0 bridgehead atoms. The van der Waals surface area contributed by atoms with Crippen LogP contribution in [-0.4, -0.2) is 54.4 Å². The first-order valence-electron chi connectivity index (χ1n) is 9.49. The van der Waals surface area contributed by atoms with Gasteiger partial charge < -0.3 is 14.4 Å². The number of amides is 2. The van der Waals surface area contributed by atoms with E-state index in [0.717, 1.165) is 35.4 Å². The number of hydrogen-bond donors (Lipinski definition) is 0. The largest absolute Gasteiger partial charge is 0.496 e. The maximum Gasteiger partial charge on any atom is 0.326 e. The normalized spacial score (nSPS) is 15.8. The summed E-state index contributed by atoms with van der Waals surface area (Å²) in [5, 5.41) is -0.495.